The van der Waals surface area contributed by atoms with Gasteiger partial charge < -0.3 is 10.0 Å². The number of hydrogen-bond acceptors (Lipinski definition) is 4. The Hall–Kier alpha value is -2.40. The fourth-order valence-corrected chi connectivity index (χ4v) is 4.62. The molecule has 1 atom stereocenters. The molecule has 26 heavy (non-hydrogen) atoms. The van der Waals surface area contributed by atoms with E-state index in [1.165, 1.54) is 0 Å². The molecule has 0 spiro atoms. The summed E-state index contributed by atoms with van der Waals surface area (Å²) in [5.74, 6) is -0.246. The van der Waals surface area contributed by atoms with Gasteiger partial charge in [-0.1, -0.05) is 38.0 Å². The summed E-state index contributed by atoms with van der Waals surface area (Å²) in [4.78, 5) is 19.6. The van der Waals surface area contributed by atoms with Gasteiger partial charge in [-0.3, -0.25) is 4.79 Å². The van der Waals surface area contributed by atoms with Gasteiger partial charge in [-0.15, -0.1) is 11.3 Å². The number of amides is 1. The van der Waals surface area contributed by atoms with Gasteiger partial charge in [0.1, 0.15) is 5.75 Å². The van der Waals surface area contributed by atoms with E-state index < -0.39 is 5.92 Å². The summed E-state index contributed by atoms with van der Waals surface area (Å²) in [6.07, 6.45) is 3.21. The molecule has 1 aliphatic rings. The van der Waals surface area contributed by atoms with Crippen molar-refractivity contribution >= 4 is 33.1 Å². The van der Waals surface area contributed by atoms with Crippen LogP contribution in [0.25, 0.3) is 10.2 Å². The second-order valence-corrected chi connectivity index (χ2v) is 8.04. The molecule has 4 nitrogen and oxygen atoms in total. The largest absolute Gasteiger partial charge is 0.508 e. The lowest BCUT2D eigenvalue weighted by Gasteiger charge is -2.18. The normalized spacial score (nSPS) is 16.5. The number of benzene rings is 2. The molecule has 1 N–H and O–H groups in total. The highest BCUT2D eigenvalue weighted by Crippen LogP contribution is 2.45. The Labute approximate surface area is 157 Å². The lowest BCUT2D eigenvalue weighted by atomic mass is 9.92. The molecule has 3 aromatic rings. The number of thiazole rings is 1. The number of phenolic OH excluding ortho intramolecular Hbond substituents is 1. The Kier molecular flexibility index (Phi) is 4.41. The third-order valence-corrected chi connectivity index (χ3v) is 5.93. The van der Waals surface area contributed by atoms with Crippen LogP contribution in [0.1, 0.15) is 48.2 Å². The molecule has 0 saturated carbocycles. The topological polar surface area (TPSA) is 53.4 Å². The van der Waals surface area contributed by atoms with Crippen LogP contribution in [-0.4, -0.2) is 22.5 Å². The Balaban J connectivity index is 1.79. The molecule has 2 heterocycles. The predicted octanol–water partition coefficient (Wildman–Crippen LogP) is 4.98. The third-order valence-electron chi connectivity index (χ3n) is 4.99. The van der Waals surface area contributed by atoms with Crippen molar-refractivity contribution < 1.29 is 9.90 Å². The molecule has 1 aliphatic heterocycles. The van der Waals surface area contributed by atoms with Crippen molar-refractivity contribution in [3.63, 3.8) is 0 Å². The molecule has 1 aromatic heterocycles. The number of carbonyl (C=O) groups is 1. The number of fused-ring (bicyclic) bond motifs is 2. The lowest BCUT2D eigenvalue weighted by Crippen LogP contribution is -2.30. The minimum atomic E-state index is -0.445. The first kappa shape index (κ1) is 17.0. The van der Waals surface area contributed by atoms with Crippen molar-refractivity contribution in [2.75, 3.05) is 11.4 Å². The van der Waals surface area contributed by atoms with Crippen LogP contribution in [-0.2, 0) is 4.79 Å². The first-order valence-corrected chi connectivity index (χ1v) is 9.92. The average molecular weight is 366 g/mol. The molecule has 0 aliphatic carbocycles. The number of rotatable bonds is 5. The van der Waals surface area contributed by atoms with Crippen LogP contribution in [0.4, 0.5) is 5.69 Å². The Morgan fingerprint density at radius 3 is 2.81 bits per heavy atom. The number of nitrogens with zero attached hydrogens (tertiary/aromatic N) is 2. The lowest BCUT2D eigenvalue weighted by molar-refractivity contribution is -0.118. The number of carbonyl (C=O) groups excluding carboxylic acids is 1. The van der Waals surface area contributed by atoms with E-state index in [9.17, 15) is 9.90 Å². The van der Waals surface area contributed by atoms with Crippen molar-refractivity contribution in [2.24, 2.45) is 0 Å². The van der Waals surface area contributed by atoms with Gasteiger partial charge in [0.15, 0.2) is 0 Å². The number of aromatic nitrogens is 1. The fraction of sp³-hybridized carbons (Fsp3) is 0.333. The van der Waals surface area contributed by atoms with Crippen molar-refractivity contribution in [1.29, 1.82) is 0 Å². The molecule has 5 heteroatoms. The zero-order chi connectivity index (χ0) is 18.3. The molecule has 2 aromatic carbocycles. The van der Waals surface area contributed by atoms with Crippen LogP contribution >= 0.6 is 11.3 Å². The summed E-state index contributed by atoms with van der Waals surface area (Å²) in [7, 11) is 0. The summed E-state index contributed by atoms with van der Waals surface area (Å²) in [5, 5.41) is 11.6. The average Bonchev–Trinajstić information content (AvgIpc) is 3.11. The summed E-state index contributed by atoms with van der Waals surface area (Å²) in [5.41, 5.74) is 3.41. The van der Waals surface area contributed by atoms with Gasteiger partial charge in [-0.05, 0) is 31.0 Å². The van der Waals surface area contributed by atoms with Gasteiger partial charge in [0.05, 0.1) is 21.1 Å². The summed E-state index contributed by atoms with van der Waals surface area (Å²) in [6.45, 7) is 4.84. The van der Waals surface area contributed by atoms with E-state index in [0.29, 0.717) is 5.56 Å². The maximum Gasteiger partial charge on any atom is 0.239 e. The first-order valence-electron chi connectivity index (χ1n) is 9.10. The molecule has 134 valence electrons. The molecule has 1 amide bonds. The van der Waals surface area contributed by atoms with Gasteiger partial charge >= 0.3 is 0 Å². The molecule has 0 radical (unpaired) electrons. The van der Waals surface area contributed by atoms with Gasteiger partial charge in [0, 0.05) is 23.9 Å². The highest BCUT2D eigenvalue weighted by atomic mass is 32.1. The number of aromatic hydroxyl groups is 1. The second kappa shape index (κ2) is 6.72. The van der Waals surface area contributed by atoms with Crippen LogP contribution in [0.5, 0.6) is 5.75 Å². The smallest absolute Gasteiger partial charge is 0.239 e. The number of phenols is 1. The Morgan fingerprint density at radius 1 is 1.19 bits per heavy atom. The van der Waals surface area contributed by atoms with Crippen molar-refractivity contribution in [2.45, 2.75) is 39.0 Å². The van der Waals surface area contributed by atoms with Crippen LogP contribution < -0.4 is 4.90 Å². The second-order valence-electron chi connectivity index (χ2n) is 6.80. The molecule has 0 bridgehead atoms. The molecule has 4 rings (SSSR count). The van der Waals surface area contributed by atoms with E-state index >= 15 is 0 Å². The first-order chi connectivity index (χ1) is 12.6. The highest BCUT2D eigenvalue weighted by molar-refractivity contribution is 7.18. The van der Waals surface area contributed by atoms with E-state index in [1.807, 2.05) is 42.2 Å². The maximum atomic E-state index is 13.3. The summed E-state index contributed by atoms with van der Waals surface area (Å²) < 4.78 is 1.00. The maximum absolute atomic E-state index is 13.3. The molecular weight excluding hydrogens is 344 g/mol. The van der Waals surface area contributed by atoms with E-state index in [-0.39, 0.29) is 11.7 Å². The molecule has 0 fully saturated rings. The third kappa shape index (κ3) is 2.76. The highest BCUT2D eigenvalue weighted by Gasteiger charge is 2.39. The fourth-order valence-electron chi connectivity index (χ4n) is 3.76. The van der Waals surface area contributed by atoms with E-state index in [1.54, 1.807) is 17.4 Å². The zero-order valence-corrected chi connectivity index (χ0v) is 15.8. The van der Waals surface area contributed by atoms with Crippen LogP contribution in [0.15, 0.2) is 36.4 Å². The SMILES string of the molecule is CCCCCN1C(=O)C(c2cc3sc(C)nc3cc2O)c2ccccc21. The van der Waals surface area contributed by atoms with Crippen molar-refractivity contribution in [3.8, 4) is 5.75 Å². The van der Waals surface area contributed by atoms with Gasteiger partial charge in [0.2, 0.25) is 5.91 Å². The summed E-state index contributed by atoms with van der Waals surface area (Å²) in [6, 6.07) is 11.6. The Bertz CT molecular complexity index is 979. The van der Waals surface area contributed by atoms with Crippen molar-refractivity contribution in [3.05, 3.63) is 52.5 Å². The number of para-hydroxylation sites is 1. The molecule has 0 saturated heterocycles. The van der Waals surface area contributed by atoms with E-state index in [4.69, 9.17) is 0 Å². The van der Waals surface area contributed by atoms with E-state index in [2.05, 4.69) is 11.9 Å². The minimum Gasteiger partial charge on any atom is -0.508 e. The van der Waals surface area contributed by atoms with Crippen LogP contribution in [0.2, 0.25) is 0 Å². The van der Waals surface area contributed by atoms with Crippen molar-refractivity contribution in [1.82, 2.24) is 4.98 Å². The van der Waals surface area contributed by atoms with Gasteiger partial charge in [-0.25, -0.2) is 4.98 Å². The number of anilines is 1. The Morgan fingerprint density at radius 2 is 2.00 bits per heavy atom. The quantitative estimate of drug-likeness (QED) is 0.648. The van der Waals surface area contributed by atoms with Crippen LogP contribution in [0, 0.1) is 6.92 Å². The summed E-state index contributed by atoms with van der Waals surface area (Å²) >= 11 is 1.59. The monoisotopic (exact) mass is 366 g/mol. The van der Waals surface area contributed by atoms with Gasteiger partial charge in [0.25, 0.3) is 0 Å². The predicted molar refractivity (Wildman–Crippen MR) is 106 cm³/mol. The van der Waals surface area contributed by atoms with Gasteiger partial charge in [-0.2, -0.15) is 0 Å². The minimum absolute atomic E-state index is 0.0539. The van der Waals surface area contributed by atoms with E-state index in [0.717, 1.165) is 52.3 Å². The zero-order valence-electron chi connectivity index (χ0n) is 15.0. The van der Waals surface area contributed by atoms with Crippen LogP contribution in [0.3, 0.4) is 0 Å². The standard InChI is InChI=1S/C21H22N2O2S/c1-3-4-7-10-23-17-9-6-5-8-14(17)20(21(23)25)15-11-19-16(12-18(15)24)22-13(2)26-19/h5-6,8-9,11-12,20,24H,3-4,7,10H2,1-2H3. The number of aryl methyl sites for hydroxylation is 1. The number of unbranched alkanes of at least 4 members (excludes halogenated alkanes) is 2. The molecule has 1 unspecified atom stereocenters. The molecular formula is C21H22N2O2S. The number of hydrogen-bond donors (Lipinski definition) is 1.